The van der Waals surface area contributed by atoms with Crippen molar-refractivity contribution in [1.82, 2.24) is 14.5 Å². The Bertz CT molecular complexity index is 388. The molecule has 1 amide bonds. The SMILES string of the molecule is Cn1cnc(C(=O)N2CCC(C)(O)CC2)c1. The number of carbonyl (C=O) groups excluding carboxylic acids is 1. The third kappa shape index (κ3) is 2.24. The fourth-order valence-corrected chi connectivity index (χ4v) is 1.88. The molecule has 1 aromatic rings. The normalized spacial score (nSPS) is 19.8. The minimum atomic E-state index is -0.624. The van der Waals surface area contributed by atoms with Crippen LogP contribution >= 0.6 is 0 Å². The highest BCUT2D eigenvalue weighted by atomic mass is 16.3. The zero-order valence-electron chi connectivity index (χ0n) is 9.68. The molecule has 2 rings (SSSR count). The van der Waals surface area contributed by atoms with Gasteiger partial charge in [-0.25, -0.2) is 4.98 Å². The third-order valence-electron chi connectivity index (χ3n) is 3.05. The van der Waals surface area contributed by atoms with E-state index in [0.29, 0.717) is 31.6 Å². The van der Waals surface area contributed by atoms with Crippen molar-refractivity contribution in [1.29, 1.82) is 0 Å². The Morgan fingerprint density at radius 1 is 1.50 bits per heavy atom. The highest BCUT2D eigenvalue weighted by Gasteiger charge is 2.30. The molecule has 0 atom stereocenters. The average molecular weight is 223 g/mol. The Morgan fingerprint density at radius 2 is 2.12 bits per heavy atom. The third-order valence-corrected chi connectivity index (χ3v) is 3.05. The molecule has 1 aromatic heterocycles. The lowest BCUT2D eigenvalue weighted by molar-refractivity contribution is -0.00218. The number of likely N-dealkylation sites (tertiary alicyclic amines) is 1. The smallest absolute Gasteiger partial charge is 0.274 e. The van der Waals surface area contributed by atoms with Crippen molar-refractivity contribution in [3.05, 3.63) is 18.2 Å². The second kappa shape index (κ2) is 3.90. The number of rotatable bonds is 1. The van der Waals surface area contributed by atoms with Crippen molar-refractivity contribution in [3.8, 4) is 0 Å². The van der Waals surface area contributed by atoms with Crippen molar-refractivity contribution < 1.29 is 9.90 Å². The van der Waals surface area contributed by atoms with Crippen molar-refractivity contribution in [2.75, 3.05) is 13.1 Å². The highest BCUT2D eigenvalue weighted by Crippen LogP contribution is 2.21. The molecule has 0 spiro atoms. The van der Waals surface area contributed by atoms with Crippen LogP contribution in [0.3, 0.4) is 0 Å². The monoisotopic (exact) mass is 223 g/mol. The van der Waals surface area contributed by atoms with Crippen molar-refractivity contribution in [2.24, 2.45) is 7.05 Å². The van der Waals surface area contributed by atoms with E-state index in [1.165, 1.54) is 0 Å². The second-order valence-corrected chi connectivity index (χ2v) is 4.71. The van der Waals surface area contributed by atoms with Crippen LogP contribution in [-0.4, -0.2) is 44.2 Å². The molecule has 1 fully saturated rings. The Morgan fingerprint density at radius 3 is 2.62 bits per heavy atom. The van der Waals surface area contributed by atoms with Gasteiger partial charge >= 0.3 is 0 Å². The molecule has 0 saturated carbocycles. The summed E-state index contributed by atoms with van der Waals surface area (Å²) < 4.78 is 1.76. The predicted molar refractivity (Wildman–Crippen MR) is 59.0 cm³/mol. The molecule has 1 aliphatic rings. The molecule has 1 saturated heterocycles. The summed E-state index contributed by atoms with van der Waals surface area (Å²) in [4.78, 5) is 17.8. The highest BCUT2D eigenvalue weighted by molar-refractivity contribution is 5.92. The average Bonchev–Trinajstić information content (AvgIpc) is 2.64. The molecule has 0 aliphatic carbocycles. The lowest BCUT2D eigenvalue weighted by Crippen LogP contribution is -2.45. The number of hydrogen-bond acceptors (Lipinski definition) is 3. The van der Waals surface area contributed by atoms with E-state index >= 15 is 0 Å². The zero-order valence-corrected chi connectivity index (χ0v) is 9.68. The molecule has 88 valence electrons. The van der Waals surface area contributed by atoms with Crippen LogP contribution in [-0.2, 0) is 7.05 Å². The summed E-state index contributed by atoms with van der Waals surface area (Å²) in [5, 5.41) is 9.79. The van der Waals surface area contributed by atoms with Gasteiger partial charge in [-0.05, 0) is 19.8 Å². The van der Waals surface area contributed by atoms with Crippen molar-refractivity contribution in [2.45, 2.75) is 25.4 Å². The summed E-state index contributed by atoms with van der Waals surface area (Å²) in [6.07, 6.45) is 4.60. The van der Waals surface area contributed by atoms with Gasteiger partial charge in [0.05, 0.1) is 11.9 Å². The number of aromatic nitrogens is 2. The lowest BCUT2D eigenvalue weighted by Gasteiger charge is -2.35. The molecule has 1 N–H and O–H groups in total. The largest absolute Gasteiger partial charge is 0.390 e. The maximum Gasteiger partial charge on any atom is 0.274 e. The van der Waals surface area contributed by atoms with E-state index in [9.17, 15) is 9.90 Å². The molecule has 0 aromatic carbocycles. The van der Waals surface area contributed by atoms with Gasteiger partial charge in [-0.2, -0.15) is 0 Å². The van der Waals surface area contributed by atoms with Crippen LogP contribution in [0.2, 0.25) is 0 Å². The maximum atomic E-state index is 12.0. The number of hydrogen-bond donors (Lipinski definition) is 1. The van der Waals surface area contributed by atoms with Crippen molar-refractivity contribution >= 4 is 5.91 Å². The summed E-state index contributed by atoms with van der Waals surface area (Å²) in [5.41, 5.74) is -0.148. The van der Waals surface area contributed by atoms with Crippen LogP contribution in [0.4, 0.5) is 0 Å². The second-order valence-electron chi connectivity index (χ2n) is 4.71. The van der Waals surface area contributed by atoms with Gasteiger partial charge in [-0.15, -0.1) is 0 Å². The molecule has 2 heterocycles. The number of imidazole rings is 1. The lowest BCUT2D eigenvalue weighted by atomic mass is 9.94. The number of amides is 1. The Balaban J connectivity index is 2.02. The molecule has 0 radical (unpaired) electrons. The number of nitrogens with zero attached hydrogens (tertiary/aromatic N) is 3. The van der Waals surface area contributed by atoms with Gasteiger partial charge in [0.25, 0.3) is 5.91 Å². The van der Waals surface area contributed by atoms with Crippen LogP contribution in [0, 0.1) is 0 Å². The van der Waals surface area contributed by atoms with Crippen LogP contribution in [0.15, 0.2) is 12.5 Å². The quantitative estimate of drug-likeness (QED) is 0.750. The molecule has 5 nitrogen and oxygen atoms in total. The van der Waals surface area contributed by atoms with E-state index in [0.717, 1.165) is 0 Å². The van der Waals surface area contributed by atoms with E-state index in [1.54, 1.807) is 22.0 Å². The summed E-state index contributed by atoms with van der Waals surface area (Å²) in [5.74, 6) is -0.0453. The van der Waals surface area contributed by atoms with Crippen LogP contribution in [0.1, 0.15) is 30.3 Å². The van der Waals surface area contributed by atoms with Gasteiger partial charge in [-0.1, -0.05) is 0 Å². The first-order chi connectivity index (χ1) is 7.48. The van der Waals surface area contributed by atoms with Gasteiger partial charge in [0.1, 0.15) is 5.69 Å². The van der Waals surface area contributed by atoms with Gasteiger partial charge in [0, 0.05) is 26.3 Å². The first-order valence-electron chi connectivity index (χ1n) is 5.47. The summed E-state index contributed by atoms with van der Waals surface area (Å²) in [7, 11) is 1.84. The molecule has 0 bridgehead atoms. The minimum Gasteiger partial charge on any atom is -0.390 e. The van der Waals surface area contributed by atoms with E-state index in [-0.39, 0.29) is 5.91 Å². The maximum absolute atomic E-state index is 12.0. The van der Waals surface area contributed by atoms with Crippen LogP contribution in [0.5, 0.6) is 0 Å². The molecular formula is C11H17N3O2. The Labute approximate surface area is 94.7 Å². The molecular weight excluding hydrogens is 206 g/mol. The number of carbonyl (C=O) groups is 1. The zero-order chi connectivity index (χ0) is 11.8. The van der Waals surface area contributed by atoms with Gasteiger partial charge in [0.2, 0.25) is 0 Å². The van der Waals surface area contributed by atoms with E-state index in [4.69, 9.17) is 0 Å². The summed E-state index contributed by atoms with van der Waals surface area (Å²) in [6.45, 7) is 3.01. The summed E-state index contributed by atoms with van der Waals surface area (Å²) in [6, 6.07) is 0. The number of aryl methyl sites for hydroxylation is 1. The van der Waals surface area contributed by atoms with E-state index in [1.807, 2.05) is 14.0 Å². The first-order valence-corrected chi connectivity index (χ1v) is 5.47. The topological polar surface area (TPSA) is 58.4 Å². The predicted octanol–water partition coefficient (Wildman–Crippen LogP) is 0.407. The number of piperidine rings is 1. The standard InChI is InChI=1S/C11H17N3O2/c1-11(16)3-5-14(6-4-11)10(15)9-7-13(2)8-12-9/h7-8,16H,3-6H2,1-2H3. The summed E-state index contributed by atoms with van der Waals surface area (Å²) >= 11 is 0. The first kappa shape index (κ1) is 11.1. The molecule has 1 aliphatic heterocycles. The van der Waals surface area contributed by atoms with Crippen molar-refractivity contribution in [3.63, 3.8) is 0 Å². The Hall–Kier alpha value is -1.36. The molecule has 5 heteroatoms. The van der Waals surface area contributed by atoms with E-state index < -0.39 is 5.60 Å². The van der Waals surface area contributed by atoms with Gasteiger partial charge in [0.15, 0.2) is 0 Å². The van der Waals surface area contributed by atoms with E-state index in [2.05, 4.69) is 4.98 Å². The molecule has 0 unspecified atom stereocenters. The van der Waals surface area contributed by atoms with Crippen LogP contribution in [0.25, 0.3) is 0 Å². The van der Waals surface area contributed by atoms with Crippen LogP contribution < -0.4 is 0 Å². The Kier molecular flexibility index (Phi) is 2.71. The van der Waals surface area contributed by atoms with Gasteiger partial charge in [-0.3, -0.25) is 4.79 Å². The number of aliphatic hydroxyl groups is 1. The minimum absolute atomic E-state index is 0.0453. The molecule has 16 heavy (non-hydrogen) atoms. The fourth-order valence-electron chi connectivity index (χ4n) is 1.88. The fraction of sp³-hybridized carbons (Fsp3) is 0.636. The van der Waals surface area contributed by atoms with Gasteiger partial charge < -0.3 is 14.6 Å².